The number of hydrogen-bond acceptors (Lipinski definition) is 2. The van der Waals surface area contributed by atoms with Crippen LogP contribution in [0.4, 0.5) is 4.79 Å². The number of urea groups is 1. The van der Waals surface area contributed by atoms with E-state index in [4.69, 9.17) is 5.11 Å². The molecule has 0 atom stereocenters. The lowest BCUT2D eigenvalue weighted by atomic mass is 10.2. The number of amides is 2. The number of carboxylic acid groups (broad SMARTS) is 1. The molecule has 1 rings (SSSR count). The molecule has 1 N–H and O–H groups in total. The van der Waals surface area contributed by atoms with Gasteiger partial charge in [0, 0.05) is 32.1 Å². The number of rotatable bonds is 6. The first-order chi connectivity index (χ1) is 7.93. The van der Waals surface area contributed by atoms with E-state index in [9.17, 15) is 9.59 Å². The standard InChI is InChI=1S/C12H22N2O3/c1-9(2)14(8-4-5-11(15)16)12(17)13(3)10-6-7-10/h9-10H,4-8H2,1-3H3,(H,15,16). The molecule has 17 heavy (non-hydrogen) atoms. The van der Waals surface area contributed by atoms with Gasteiger partial charge in [-0.25, -0.2) is 4.79 Å². The Bertz CT molecular complexity index is 287. The molecule has 0 bridgehead atoms. The summed E-state index contributed by atoms with van der Waals surface area (Å²) in [7, 11) is 1.83. The molecule has 2 amide bonds. The molecule has 1 aliphatic rings. The molecule has 1 fully saturated rings. The van der Waals surface area contributed by atoms with Crippen LogP contribution in [0.2, 0.25) is 0 Å². The van der Waals surface area contributed by atoms with Crippen molar-refractivity contribution in [3.8, 4) is 0 Å². The predicted molar refractivity (Wildman–Crippen MR) is 64.9 cm³/mol. The van der Waals surface area contributed by atoms with Crippen LogP contribution >= 0.6 is 0 Å². The average molecular weight is 242 g/mol. The van der Waals surface area contributed by atoms with Gasteiger partial charge in [0.25, 0.3) is 0 Å². The number of hydrogen-bond donors (Lipinski definition) is 1. The summed E-state index contributed by atoms with van der Waals surface area (Å²) in [5.74, 6) is -0.809. The van der Waals surface area contributed by atoms with E-state index < -0.39 is 5.97 Å². The van der Waals surface area contributed by atoms with Crippen molar-refractivity contribution in [1.82, 2.24) is 9.80 Å². The zero-order chi connectivity index (χ0) is 13.0. The van der Waals surface area contributed by atoms with Crippen LogP contribution in [0.25, 0.3) is 0 Å². The Balaban J connectivity index is 2.46. The van der Waals surface area contributed by atoms with E-state index in [1.54, 1.807) is 9.80 Å². The van der Waals surface area contributed by atoms with E-state index in [0.29, 0.717) is 19.0 Å². The lowest BCUT2D eigenvalue weighted by Gasteiger charge is -2.31. The van der Waals surface area contributed by atoms with Crippen molar-refractivity contribution in [2.45, 2.75) is 51.6 Å². The van der Waals surface area contributed by atoms with Crippen molar-refractivity contribution in [2.75, 3.05) is 13.6 Å². The SMILES string of the molecule is CC(C)N(CCCC(=O)O)C(=O)N(C)C1CC1. The second kappa shape index (κ2) is 5.89. The molecule has 5 heteroatoms. The van der Waals surface area contributed by atoms with Gasteiger partial charge < -0.3 is 14.9 Å². The van der Waals surface area contributed by atoms with Gasteiger partial charge in [-0.1, -0.05) is 0 Å². The summed E-state index contributed by atoms with van der Waals surface area (Å²) in [5, 5.41) is 8.60. The topological polar surface area (TPSA) is 60.9 Å². The Morgan fingerprint density at radius 1 is 1.35 bits per heavy atom. The molecule has 0 saturated heterocycles. The summed E-state index contributed by atoms with van der Waals surface area (Å²) in [4.78, 5) is 26.1. The molecular weight excluding hydrogens is 220 g/mol. The maximum absolute atomic E-state index is 12.1. The van der Waals surface area contributed by atoms with Crippen molar-refractivity contribution >= 4 is 12.0 Å². The quantitative estimate of drug-likeness (QED) is 0.772. The second-order valence-electron chi connectivity index (χ2n) is 4.91. The monoisotopic (exact) mass is 242 g/mol. The molecule has 0 heterocycles. The smallest absolute Gasteiger partial charge is 0.320 e. The Kier molecular flexibility index (Phi) is 4.78. The molecular formula is C12H22N2O3. The fraction of sp³-hybridized carbons (Fsp3) is 0.833. The van der Waals surface area contributed by atoms with Crippen LogP contribution in [0.5, 0.6) is 0 Å². The zero-order valence-electron chi connectivity index (χ0n) is 10.8. The van der Waals surface area contributed by atoms with Gasteiger partial charge in [-0.05, 0) is 33.1 Å². The number of carbonyl (C=O) groups is 2. The van der Waals surface area contributed by atoms with E-state index in [-0.39, 0.29) is 18.5 Å². The van der Waals surface area contributed by atoms with Crippen LogP contribution in [0.15, 0.2) is 0 Å². The summed E-state index contributed by atoms with van der Waals surface area (Å²) >= 11 is 0. The van der Waals surface area contributed by atoms with E-state index in [1.807, 2.05) is 20.9 Å². The van der Waals surface area contributed by atoms with Gasteiger partial charge in [0.2, 0.25) is 0 Å². The summed E-state index contributed by atoms with van der Waals surface area (Å²) in [6.45, 7) is 4.43. The second-order valence-corrected chi connectivity index (χ2v) is 4.91. The largest absolute Gasteiger partial charge is 0.481 e. The summed E-state index contributed by atoms with van der Waals surface area (Å²) in [6.07, 6.45) is 2.80. The molecule has 1 saturated carbocycles. The molecule has 1 aliphatic carbocycles. The maximum atomic E-state index is 12.1. The maximum Gasteiger partial charge on any atom is 0.320 e. The number of carboxylic acids is 1. The van der Waals surface area contributed by atoms with Gasteiger partial charge in [0.15, 0.2) is 0 Å². The first-order valence-electron chi connectivity index (χ1n) is 6.18. The predicted octanol–water partition coefficient (Wildman–Crippen LogP) is 1.78. The van der Waals surface area contributed by atoms with E-state index >= 15 is 0 Å². The minimum atomic E-state index is -0.809. The fourth-order valence-electron chi connectivity index (χ4n) is 1.80. The van der Waals surface area contributed by atoms with E-state index in [2.05, 4.69) is 0 Å². The molecule has 98 valence electrons. The normalized spacial score (nSPS) is 14.8. The van der Waals surface area contributed by atoms with Crippen LogP contribution in [0.3, 0.4) is 0 Å². The van der Waals surface area contributed by atoms with Crippen molar-refractivity contribution in [3.05, 3.63) is 0 Å². The molecule has 0 aliphatic heterocycles. The number of carbonyl (C=O) groups excluding carboxylic acids is 1. The Morgan fingerprint density at radius 3 is 2.35 bits per heavy atom. The first kappa shape index (κ1) is 13.8. The van der Waals surface area contributed by atoms with Gasteiger partial charge in [0.05, 0.1) is 0 Å². The van der Waals surface area contributed by atoms with E-state index in [0.717, 1.165) is 12.8 Å². The third-order valence-electron chi connectivity index (χ3n) is 3.06. The Morgan fingerprint density at radius 2 is 1.94 bits per heavy atom. The van der Waals surface area contributed by atoms with Crippen molar-refractivity contribution in [1.29, 1.82) is 0 Å². The fourth-order valence-corrected chi connectivity index (χ4v) is 1.80. The first-order valence-corrected chi connectivity index (χ1v) is 6.18. The van der Waals surface area contributed by atoms with Gasteiger partial charge >= 0.3 is 12.0 Å². The molecule has 0 aromatic rings. The summed E-state index contributed by atoms with van der Waals surface area (Å²) < 4.78 is 0. The highest BCUT2D eigenvalue weighted by molar-refractivity contribution is 5.75. The third-order valence-corrected chi connectivity index (χ3v) is 3.06. The van der Waals surface area contributed by atoms with Crippen LogP contribution in [-0.4, -0.2) is 52.6 Å². The summed E-state index contributed by atoms with van der Waals surface area (Å²) in [6, 6.07) is 0.522. The van der Waals surface area contributed by atoms with Gasteiger partial charge in [-0.2, -0.15) is 0 Å². The Hall–Kier alpha value is -1.26. The number of nitrogens with zero attached hydrogens (tertiary/aromatic N) is 2. The zero-order valence-corrected chi connectivity index (χ0v) is 10.8. The van der Waals surface area contributed by atoms with E-state index in [1.165, 1.54) is 0 Å². The number of aliphatic carboxylic acids is 1. The van der Waals surface area contributed by atoms with Crippen molar-refractivity contribution < 1.29 is 14.7 Å². The third kappa shape index (κ3) is 4.24. The van der Waals surface area contributed by atoms with Crippen LogP contribution in [0, 0.1) is 0 Å². The van der Waals surface area contributed by atoms with Gasteiger partial charge in [-0.3, -0.25) is 4.79 Å². The van der Waals surface area contributed by atoms with Gasteiger partial charge in [-0.15, -0.1) is 0 Å². The average Bonchev–Trinajstić information content (AvgIpc) is 3.05. The highest BCUT2D eigenvalue weighted by Gasteiger charge is 2.32. The lowest BCUT2D eigenvalue weighted by Crippen LogP contribution is -2.46. The van der Waals surface area contributed by atoms with Crippen LogP contribution in [0.1, 0.15) is 39.5 Å². The summed E-state index contributed by atoms with van der Waals surface area (Å²) in [5.41, 5.74) is 0. The molecule has 0 radical (unpaired) electrons. The molecule has 0 aromatic heterocycles. The minimum absolute atomic E-state index is 0.0212. The van der Waals surface area contributed by atoms with Crippen molar-refractivity contribution in [3.63, 3.8) is 0 Å². The highest BCUT2D eigenvalue weighted by atomic mass is 16.4. The molecule has 0 spiro atoms. The lowest BCUT2D eigenvalue weighted by molar-refractivity contribution is -0.137. The van der Waals surface area contributed by atoms with Crippen molar-refractivity contribution in [2.24, 2.45) is 0 Å². The molecule has 0 unspecified atom stereocenters. The Labute approximate surface area is 102 Å². The van der Waals surface area contributed by atoms with Gasteiger partial charge in [0.1, 0.15) is 0 Å². The highest BCUT2D eigenvalue weighted by Crippen LogP contribution is 2.26. The van der Waals surface area contributed by atoms with Crippen LogP contribution in [-0.2, 0) is 4.79 Å². The van der Waals surface area contributed by atoms with Crippen LogP contribution < -0.4 is 0 Å². The minimum Gasteiger partial charge on any atom is -0.481 e. The molecule has 5 nitrogen and oxygen atoms in total. The molecule has 0 aromatic carbocycles.